The molecule has 0 radical (unpaired) electrons. The Morgan fingerprint density at radius 3 is 2.67 bits per heavy atom. The molecule has 0 aromatic rings. The lowest BCUT2D eigenvalue weighted by atomic mass is 9.75. The third-order valence-corrected chi connectivity index (χ3v) is 2.94. The molecular formula is C9H12O3. The van der Waals surface area contributed by atoms with Crippen molar-refractivity contribution < 1.29 is 14.3 Å². The van der Waals surface area contributed by atoms with Crippen LogP contribution < -0.4 is 0 Å². The van der Waals surface area contributed by atoms with Crippen LogP contribution >= 0.6 is 0 Å². The van der Waals surface area contributed by atoms with Gasteiger partial charge in [0.2, 0.25) is 0 Å². The number of fused-ring (bicyclic) bond motifs is 1. The second kappa shape index (κ2) is 2.57. The van der Waals surface area contributed by atoms with Crippen molar-refractivity contribution >= 4 is 11.8 Å². The SMILES string of the molecule is CC(=O)O[C@H]1CC(=O)[C@@H]2CC[C@H]12. The molecule has 0 aliphatic heterocycles. The summed E-state index contributed by atoms with van der Waals surface area (Å²) >= 11 is 0. The van der Waals surface area contributed by atoms with Gasteiger partial charge in [-0.2, -0.15) is 0 Å². The van der Waals surface area contributed by atoms with Gasteiger partial charge >= 0.3 is 5.97 Å². The lowest BCUT2D eigenvalue weighted by Gasteiger charge is -2.31. The summed E-state index contributed by atoms with van der Waals surface area (Å²) in [5, 5.41) is 0. The fraction of sp³-hybridized carbons (Fsp3) is 0.778. The summed E-state index contributed by atoms with van der Waals surface area (Å²) in [6.45, 7) is 1.40. The van der Waals surface area contributed by atoms with E-state index in [0.717, 1.165) is 12.8 Å². The third-order valence-electron chi connectivity index (χ3n) is 2.94. The van der Waals surface area contributed by atoms with E-state index in [1.54, 1.807) is 0 Å². The van der Waals surface area contributed by atoms with Crippen LogP contribution in [0.5, 0.6) is 0 Å². The van der Waals surface area contributed by atoms with Gasteiger partial charge in [0.1, 0.15) is 11.9 Å². The Labute approximate surface area is 71.1 Å². The molecule has 0 unspecified atom stereocenters. The number of carbonyl (C=O) groups excluding carboxylic acids is 2. The van der Waals surface area contributed by atoms with Crippen molar-refractivity contribution in [3.8, 4) is 0 Å². The van der Waals surface area contributed by atoms with Crippen LogP contribution in [0, 0.1) is 11.8 Å². The first-order valence-corrected chi connectivity index (χ1v) is 4.38. The molecule has 2 aliphatic carbocycles. The van der Waals surface area contributed by atoms with Crippen LogP contribution in [0.1, 0.15) is 26.2 Å². The predicted octanol–water partition coefficient (Wildman–Crippen LogP) is 0.917. The fourth-order valence-corrected chi connectivity index (χ4v) is 2.21. The van der Waals surface area contributed by atoms with Gasteiger partial charge in [0.05, 0.1) is 0 Å². The van der Waals surface area contributed by atoms with Crippen molar-refractivity contribution in [2.75, 3.05) is 0 Å². The molecular weight excluding hydrogens is 156 g/mol. The highest BCUT2D eigenvalue weighted by Crippen LogP contribution is 2.45. The first-order valence-electron chi connectivity index (χ1n) is 4.38. The lowest BCUT2D eigenvalue weighted by Crippen LogP contribution is -2.32. The van der Waals surface area contributed by atoms with Crippen LogP contribution in [0.2, 0.25) is 0 Å². The topological polar surface area (TPSA) is 43.4 Å². The molecule has 2 aliphatic rings. The van der Waals surface area contributed by atoms with Crippen molar-refractivity contribution in [2.24, 2.45) is 11.8 Å². The van der Waals surface area contributed by atoms with Crippen LogP contribution in [0.4, 0.5) is 0 Å². The number of esters is 1. The van der Waals surface area contributed by atoms with E-state index in [0.29, 0.717) is 12.3 Å². The molecule has 2 fully saturated rings. The van der Waals surface area contributed by atoms with Crippen molar-refractivity contribution in [3.05, 3.63) is 0 Å². The lowest BCUT2D eigenvalue weighted by molar-refractivity contribution is -0.149. The third kappa shape index (κ3) is 1.04. The van der Waals surface area contributed by atoms with E-state index in [-0.39, 0.29) is 23.8 Å². The monoisotopic (exact) mass is 168 g/mol. The summed E-state index contributed by atoms with van der Waals surface area (Å²) in [5.41, 5.74) is 0. The van der Waals surface area contributed by atoms with Gasteiger partial charge in [-0.05, 0) is 12.8 Å². The number of ether oxygens (including phenoxy) is 1. The Bertz CT molecular complexity index is 232. The summed E-state index contributed by atoms with van der Waals surface area (Å²) in [6.07, 6.45) is 2.40. The molecule has 0 heterocycles. The quantitative estimate of drug-likeness (QED) is 0.547. The first-order chi connectivity index (χ1) is 5.68. The number of Topliss-reactive ketones (excluding diaryl/α,β-unsaturated/α-hetero) is 1. The highest BCUT2D eigenvalue weighted by atomic mass is 16.5. The van der Waals surface area contributed by atoms with Gasteiger partial charge in [0.15, 0.2) is 0 Å². The van der Waals surface area contributed by atoms with Gasteiger partial charge in [0, 0.05) is 25.2 Å². The molecule has 0 aromatic heterocycles. The summed E-state index contributed by atoms with van der Waals surface area (Å²) in [6, 6.07) is 0. The van der Waals surface area contributed by atoms with Gasteiger partial charge in [-0.1, -0.05) is 0 Å². The second-order valence-corrected chi connectivity index (χ2v) is 3.67. The Kier molecular flexibility index (Phi) is 1.67. The maximum atomic E-state index is 11.2. The van der Waals surface area contributed by atoms with Crippen LogP contribution in [0.15, 0.2) is 0 Å². The molecule has 0 aromatic carbocycles. The van der Waals surface area contributed by atoms with Gasteiger partial charge in [-0.3, -0.25) is 9.59 Å². The smallest absolute Gasteiger partial charge is 0.302 e. The zero-order valence-electron chi connectivity index (χ0n) is 7.08. The molecule has 12 heavy (non-hydrogen) atoms. The number of ketones is 1. The van der Waals surface area contributed by atoms with Crippen molar-refractivity contribution in [2.45, 2.75) is 32.3 Å². The Hall–Kier alpha value is -0.860. The molecule has 66 valence electrons. The summed E-state index contributed by atoms with van der Waals surface area (Å²) in [7, 11) is 0. The summed E-state index contributed by atoms with van der Waals surface area (Å²) in [5.74, 6) is 0.591. The average molecular weight is 168 g/mol. The summed E-state index contributed by atoms with van der Waals surface area (Å²) < 4.78 is 5.06. The number of hydrogen-bond donors (Lipinski definition) is 0. The minimum atomic E-state index is -0.264. The average Bonchev–Trinajstić information content (AvgIpc) is 1.98. The molecule has 0 saturated heterocycles. The first kappa shape index (κ1) is 7.77. The van der Waals surface area contributed by atoms with Gasteiger partial charge in [-0.15, -0.1) is 0 Å². The Morgan fingerprint density at radius 2 is 2.25 bits per heavy atom. The number of carbonyl (C=O) groups is 2. The normalized spacial score (nSPS) is 38.8. The summed E-state index contributed by atoms with van der Waals surface area (Å²) in [4.78, 5) is 21.9. The Balaban J connectivity index is 2.00. The fourth-order valence-electron chi connectivity index (χ4n) is 2.21. The number of hydrogen-bond acceptors (Lipinski definition) is 3. The molecule has 0 N–H and O–H groups in total. The minimum Gasteiger partial charge on any atom is -0.462 e. The molecule has 2 saturated carbocycles. The Morgan fingerprint density at radius 1 is 1.50 bits per heavy atom. The van der Waals surface area contributed by atoms with E-state index in [9.17, 15) is 9.59 Å². The van der Waals surface area contributed by atoms with E-state index < -0.39 is 0 Å². The van der Waals surface area contributed by atoms with Gasteiger partial charge in [-0.25, -0.2) is 0 Å². The van der Waals surface area contributed by atoms with E-state index in [1.807, 2.05) is 0 Å². The van der Waals surface area contributed by atoms with Crippen molar-refractivity contribution in [1.82, 2.24) is 0 Å². The maximum Gasteiger partial charge on any atom is 0.302 e. The van der Waals surface area contributed by atoms with E-state index in [2.05, 4.69) is 0 Å². The number of rotatable bonds is 1. The van der Waals surface area contributed by atoms with Gasteiger partial charge < -0.3 is 4.74 Å². The van der Waals surface area contributed by atoms with Crippen LogP contribution in [-0.2, 0) is 14.3 Å². The van der Waals surface area contributed by atoms with Crippen LogP contribution in [0.3, 0.4) is 0 Å². The molecule has 3 atom stereocenters. The van der Waals surface area contributed by atoms with E-state index in [1.165, 1.54) is 6.92 Å². The second-order valence-electron chi connectivity index (χ2n) is 3.67. The molecule has 0 spiro atoms. The zero-order valence-corrected chi connectivity index (χ0v) is 7.08. The zero-order chi connectivity index (χ0) is 8.72. The van der Waals surface area contributed by atoms with Crippen molar-refractivity contribution in [3.63, 3.8) is 0 Å². The molecule has 2 rings (SSSR count). The standard InChI is InChI=1S/C9H12O3/c1-5(10)12-9-4-8(11)6-2-3-7(6)9/h6-7,9H,2-4H2,1H3/t6-,7+,9+/m1/s1. The molecule has 0 bridgehead atoms. The largest absolute Gasteiger partial charge is 0.462 e. The molecule has 3 heteroatoms. The predicted molar refractivity (Wildman–Crippen MR) is 41.4 cm³/mol. The molecule has 0 amide bonds. The molecule has 3 nitrogen and oxygen atoms in total. The van der Waals surface area contributed by atoms with Gasteiger partial charge in [0.25, 0.3) is 0 Å². The van der Waals surface area contributed by atoms with Crippen molar-refractivity contribution in [1.29, 1.82) is 0 Å². The van der Waals surface area contributed by atoms with Crippen LogP contribution in [-0.4, -0.2) is 17.9 Å². The van der Waals surface area contributed by atoms with E-state index >= 15 is 0 Å². The highest BCUT2D eigenvalue weighted by molar-refractivity contribution is 5.85. The van der Waals surface area contributed by atoms with Crippen LogP contribution in [0.25, 0.3) is 0 Å². The van der Waals surface area contributed by atoms with E-state index in [4.69, 9.17) is 4.74 Å². The minimum absolute atomic E-state index is 0.103. The maximum absolute atomic E-state index is 11.2. The highest BCUT2D eigenvalue weighted by Gasteiger charge is 2.49.